The van der Waals surface area contributed by atoms with E-state index in [1.165, 1.54) is 0 Å². The van der Waals surface area contributed by atoms with Crippen LogP contribution in [0.1, 0.15) is 22.0 Å². The molecule has 0 aliphatic heterocycles. The van der Waals surface area contributed by atoms with Crippen molar-refractivity contribution < 1.29 is 32.2 Å². The first kappa shape index (κ1) is 14.4. The molecule has 0 aliphatic rings. The molecule has 0 fully saturated rings. The summed E-state index contributed by atoms with van der Waals surface area (Å²) in [6.45, 7) is -0.649. The summed E-state index contributed by atoms with van der Waals surface area (Å²) >= 11 is 0. The van der Waals surface area contributed by atoms with Crippen molar-refractivity contribution in [3.8, 4) is 0 Å². The molecule has 4 nitrogen and oxygen atoms in total. The number of esters is 1. The number of halogens is 4. The van der Waals surface area contributed by atoms with Gasteiger partial charge >= 0.3 is 5.97 Å². The lowest BCUT2D eigenvalue weighted by atomic mass is 10.0. The van der Waals surface area contributed by atoms with E-state index in [4.69, 9.17) is 5.73 Å². The van der Waals surface area contributed by atoms with E-state index in [2.05, 4.69) is 4.74 Å². The Labute approximate surface area is 99.0 Å². The fraction of sp³-hybridized carbons (Fsp3) is 0.300. The molecule has 3 N–H and O–H groups in total. The van der Waals surface area contributed by atoms with Gasteiger partial charge < -0.3 is 15.6 Å². The summed E-state index contributed by atoms with van der Waals surface area (Å²) in [4.78, 5) is 11.0. The van der Waals surface area contributed by atoms with Crippen LogP contribution >= 0.6 is 0 Å². The number of carbonyl (C=O) groups is 1. The predicted molar refractivity (Wildman–Crippen MR) is 51.6 cm³/mol. The standard InChI is InChI=1S/C10H9F4NO3/c1-18-10(17)5-8(13)6(11)4(3(16)2-15)7(12)9(5)14/h3,16H,2,15H2,1H3. The van der Waals surface area contributed by atoms with E-state index in [1.807, 2.05) is 0 Å². The lowest BCUT2D eigenvalue weighted by molar-refractivity contribution is 0.0585. The highest BCUT2D eigenvalue weighted by molar-refractivity contribution is 5.90. The van der Waals surface area contributed by atoms with Crippen LogP contribution in [0.25, 0.3) is 0 Å². The molecule has 0 saturated heterocycles. The zero-order chi connectivity index (χ0) is 14.0. The van der Waals surface area contributed by atoms with Gasteiger partial charge in [-0.05, 0) is 0 Å². The molecular weight excluding hydrogens is 258 g/mol. The van der Waals surface area contributed by atoms with Crippen LogP contribution in [-0.4, -0.2) is 24.7 Å². The number of aliphatic hydroxyl groups excluding tert-OH is 1. The Balaban J connectivity index is 3.60. The monoisotopic (exact) mass is 267 g/mol. The third kappa shape index (κ3) is 2.16. The van der Waals surface area contributed by atoms with Crippen molar-refractivity contribution in [2.75, 3.05) is 13.7 Å². The Morgan fingerprint density at radius 2 is 1.67 bits per heavy atom. The van der Waals surface area contributed by atoms with E-state index in [0.717, 1.165) is 7.11 Å². The predicted octanol–water partition coefficient (Wildman–Crippen LogP) is 1.02. The highest BCUT2D eigenvalue weighted by Crippen LogP contribution is 2.28. The molecule has 0 amide bonds. The minimum atomic E-state index is -1.94. The van der Waals surface area contributed by atoms with Gasteiger partial charge in [0.15, 0.2) is 23.3 Å². The Hall–Kier alpha value is -1.67. The fourth-order valence-electron chi connectivity index (χ4n) is 1.34. The molecule has 0 heterocycles. The van der Waals surface area contributed by atoms with Gasteiger partial charge in [-0.25, -0.2) is 22.4 Å². The summed E-state index contributed by atoms with van der Waals surface area (Å²) < 4.78 is 57.7. The largest absolute Gasteiger partial charge is 0.465 e. The van der Waals surface area contributed by atoms with E-state index < -0.39 is 53.0 Å². The maximum atomic E-state index is 13.4. The molecule has 8 heteroatoms. The summed E-state index contributed by atoms with van der Waals surface area (Å²) in [6.07, 6.45) is -1.93. The zero-order valence-electron chi connectivity index (χ0n) is 9.14. The molecule has 1 unspecified atom stereocenters. The number of benzene rings is 1. The van der Waals surface area contributed by atoms with Crippen molar-refractivity contribution in [2.24, 2.45) is 5.73 Å². The number of hydrogen-bond donors (Lipinski definition) is 2. The van der Waals surface area contributed by atoms with Crippen LogP contribution in [0.2, 0.25) is 0 Å². The zero-order valence-corrected chi connectivity index (χ0v) is 9.14. The van der Waals surface area contributed by atoms with Gasteiger partial charge in [0.05, 0.1) is 18.8 Å². The molecule has 0 saturated carbocycles. The Kier molecular flexibility index (Phi) is 4.25. The second kappa shape index (κ2) is 5.32. The summed E-state index contributed by atoms with van der Waals surface area (Å²) in [6, 6.07) is 0. The van der Waals surface area contributed by atoms with Crippen molar-refractivity contribution in [1.82, 2.24) is 0 Å². The van der Waals surface area contributed by atoms with E-state index in [9.17, 15) is 27.5 Å². The highest BCUT2D eigenvalue weighted by atomic mass is 19.2. The maximum Gasteiger partial charge on any atom is 0.344 e. The van der Waals surface area contributed by atoms with Crippen molar-refractivity contribution >= 4 is 5.97 Å². The third-order valence-corrected chi connectivity index (χ3v) is 2.24. The molecule has 1 aromatic rings. The first-order valence-corrected chi connectivity index (χ1v) is 4.69. The number of rotatable bonds is 3. The second-order valence-electron chi connectivity index (χ2n) is 3.29. The maximum absolute atomic E-state index is 13.4. The Morgan fingerprint density at radius 1 is 1.22 bits per heavy atom. The first-order valence-electron chi connectivity index (χ1n) is 4.69. The topological polar surface area (TPSA) is 72.5 Å². The van der Waals surface area contributed by atoms with Gasteiger partial charge in [0.2, 0.25) is 0 Å². The van der Waals surface area contributed by atoms with Crippen LogP contribution in [0.3, 0.4) is 0 Å². The summed E-state index contributed by atoms with van der Waals surface area (Å²) in [5.74, 6) is -9.22. The summed E-state index contributed by atoms with van der Waals surface area (Å²) in [5, 5.41) is 9.17. The average molecular weight is 267 g/mol. The molecule has 18 heavy (non-hydrogen) atoms. The number of methoxy groups -OCH3 is 1. The van der Waals surface area contributed by atoms with Crippen molar-refractivity contribution in [3.05, 3.63) is 34.4 Å². The number of hydrogen-bond acceptors (Lipinski definition) is 4. The van der Waals surface area contributed by atoms with E-state index in [-0.39, 0.29) is 0 Å². The van der Waals surface area contributed by atoms with Crippen molar-refractivity contribution in [3.63, 3.8) is 0 Å². The van der Waals surface area contributed by atoms with Gasteiger partial charge in [0.25, 0.3) is 0 Å². The Morgan fingerprint density at radius 3 is 2.00 bits per heavy atom. The number of aliphatic hydroxyl groups is 1. The van der Waals surface area contributed by atoms with Crippen LogP contribution in [0.15, 0.2) is 0 Å². The van der Waals surface area contributed by atoms with Crippen molar-refractivity contribution in [1.29, 1.82) is 0 Å². The molecule has 0 bridgehead atoms. The summed E-state index contributed by atoms with van der Waals surface area (Å²) in [7, 11) is 0.791. The van der Waals surface area contributed by atoms with Crippen molar-refractivity contribution in [2.45, 2.75) is 6.10 Å². The lowest BCUT2D eigenvalue weighted by Crippen LogP contribution is -2.20. The smallest absolute Gasteiger partial charge is 0.344 e. The minimum Gasteiger partial charge on any atom is -0.465 e. The van der Waals surface area contributed by atoms with Crippen LogP contribution in [0.5, 0.6) is 0 Å². The molecule has 1 rings (SSSR count). The van der Waals surface area contributed by atoms with Gasteiger partial charge in [-0.1, -0.05) is 0 Å². The van der Waals surface area contributed by atoms with Gasteiger partial charge in [0.1, 0.15) is 5.56 Å². The van der Waals surface area contributed by atoms with Gasteiger partial charge in [-0.2, -0.15) is 0 Å². The first-order chi connectivity index (χ1) is 8.36. The highest BCUT2D eigenvalue weighted by Gasteiger charge is 2.32. The normalized spacial score (nSPS) is 12.4. The average Bonchev–Trinajstić information content (AvgIpc) is 2.36. The van der Waals surface area contributed by atoms with E-state index in [1.54, 1.807) is 0 Å². The number of carbonyl (C=O) groups excluding carboxylic acids is 1. The lowest BCUT2D eigenvalue weighted by Gasteiger charge is -2.14. The fourth-order valence-corrected chi connectivity index (χ4v) is 1.34. The molecular formula is C10H9F4NO3. The minimum absolute atomic E-state index is 0.649. The van der Waals surface area contributed by atoms with Crippen LogP contribution in [0.4, 0.5) is 17.6 Å². The molecule has 100 valence electrons. The summed E-state index contributed by atoms with van der Waals surface area (Å²) in [5.41, 5.74) is 2.18. The van der Waals surface area contributed by atoms with Gasteiger partial charge in [0, 0.05) is 6.54 Å². The molecule has 0 radical (unpaired) electrons. The quantitative estimate of drug-likeness (QED) is 0.487. The molecule has 1 aromatic carbocycles. The molecule has 1 atom stereocenters. The van der Waals surface area contributed by atoms with Crippen LogP contribution < -0.4 is 5.73 Å². The van der Waals surface area contributed by atoms with Gasteiger partial charge in [-0.15, -0.1) is 0 Å². The van der Waals surface area contributed by atoms with E-state index in [0.29, 0.717) is 0 Å². The molecule has 0 aromatic heterocycles. The van der Waals surface area contributed by atoms with Crippen LogP contribution in [-0.2, 0) is 4.74 Å². The van der Waals surface area contributed by atoms with Crippen LogP contribution in [0, 0.1) is 23.3 Å². The second-order valence-corrected chi connectivity index (χ2v) is 3.29. The molecule has 0 aliphatic carbocycles. The Bertz CT molecular complexity index is 463. The van der Waals surface area contributed by atoms with E-state index >= 15 is 0 Å². The van der Waals surface area contributed by atoms with Gasteiger partial charge in [-0.3, -0.25) is 0 Å². The number of ether oxygens (including phenoxy) is 1. The SMILES string of the molecule is COC(=O)c1c(F)c(F)c(C(O)CN)c(F)c1F. The molecule has 0 spiro atoms. The third-order valence-electron chi connectivity index (χ3n) is 2.24. The number of nitrogens with two attached hydrogens (primary N) is 1.